The maximum Gasteiger partial charge on any atom is 0.158 e. The Morgan fingerprint density at radius 1 is 1.15 bits per heavy atom. The molecule has 0 spiro atoms. The van der Waals surface area contributed by atoms with Gasteiger partial charge < -0.3 is 15.3 Å². The number of unbranched alkanes of at least 4 members (excludes halogenated alkanes) is 5. The lowest BCUT2D eigenvalue weighted by atomic mass is 9.89. The summed E-state index contributed by atoms with van der Waals surface area (Å²) in [6.45, 7) is 1.73. The smallest absolute Gasteiger partial charge is 0.158 e. The van der Waals surface area contributed by atoms with Gasteiger partial charge in [-0.3, -0.25) is 9.59 Å². The van der Waals surface area contributed by atoms with E-state index in [4.69, 9.17) is 5.11 Å². The summed E-state index contributed by atoms with van der Waals surface area (Å²) >= 11 is 0. The quantitative estimate of drug-likeness (QED) is 0.298. The minimum Gasteiger partial charge on any atom is -0.390 e. The van der Waals surface area contributed by atoms with Gasteiger partial charge >= 0.3 is 0 Å². The molecule has 4 atom stereocenters. The molecule has 1 fully saturated rings. The van der Waals surface area contributed by atoms with E-state index in [2.05, 4.69) is 6.92 Å². The van der Waals surface area contributed by atoms with Crippen LogP contribution in [0.1, 0.15) is 84.0 Å². The standard InChI is InChI=1S/C22H38O5/c1-2-3-6-11-21(26)22(27)15-13-17-12-14-20(25)19(17)10-8-5-4-7-9-18(24)16-23/h13,15,17,19,21-23,26-27H,2-12,14,16H2,1H3/b15-13+/t17-,19-,21?,22?/m1/s1. The van der Waals surface area contributed by atoms with Gasteiger partial charge in [-0.15, -0.1) is 0 Å². The lowest BCUT2D eigenvalue weighted by Gasteiger charge is -2.17. The van der Waals surface area contributed by atoms with E-state index >= 15 is 0 Å². The number of carbonyl (C=O) groups is 2. The zero-order valence-corrected chi connectivity index (χ0v) is 16.8. The highest BCUT2D eigenvalue weighted by atomic mass is 16.3. The van der Waals surface area contributed by atoms with Crippen molar-refractivity contribution in [3.05, 3.63) is 12.2 Å². The minimum atomic E-state index is -0.859. The molecule has 27 heavy (non-hydrogen) atoms. The first-order chi connectivity index (χ1) is 13.0. The Bertz CT molecular complexity index is 460. The summed E-state index contributed by atoms with van der Waals surface area (Å²) in [6, 6.07) is 0. The van der Waals surface area contributed by atoms with E-state index in [1.54, 1.807) is 6.08 Å². The van der Waals surface area contributed by atoms with Crippen LogP contribution in [0.5, 0.6) is 0 Å². The van der Waals surface area contributed by atoms with Crippen LogP contribution in [0.2, 0.25) is 0 Å². The molecule has 3 N–H and O–H groups in total. The average molecular weight is 383 g/mol. The predicted molar refractivity (Wildman–Crippen MR) is 106 cm³/mol. The van der Waals surface area contributed by atoms with Gasteiger partial charge in [0.1, 0.15) is 12.4 Å². The summed E-state index contributed by atoms with van der Waals surface area (Å²) in [6.07, 6.45) is 12.0. The molecule has 0 aromatic heterocycles. The SMILES string of the molecule is CCCCCC(O)C(O)/C=C/[C@H]1CCC(=O)[C@@H]1CCCCCCC(=O)CO. The van der Waals surface area contributed by atoms with Crippen LogP contribution in [-0.4, -0.2) is 45.7 Å². The first-order valence-electron chi connectivity index (χ1n) is 10.7. The molecule has 1 aliphatic rings. The molecule has 1 aliphatic carbocycles. The summed E-state index contributed by atoms with van der Waals surface area (Å²) in [5, 5.41) is 28.8. The number of carbonyl (C=O) groups excluding carboxylic acids is 2. The molecule has 0 amide bonds. The summed E-state index contributed by atoms with van der Waals surface area (Å²) < 4.78 is 0. The van der Waals surface area contributed by atoms with Crippen molar-refractivity contribution in [1.29, 1.82) is 0 Å². The molecule has 0 bridgehead atoms. The maximum absolute atomic E-state index is 12.2. The van der Waals surface area contributed by atoms with Gasteiger partial charge in [0.25, 0.3) is 0 Å². The number of hydrogen-bond donors (Lipinski definition) is 3. The minimum absolute atomic E-state index is 0.0183. The Kier molecular flexibility index (Phi) is 12.5. The Hall–Kier alpha value is -1.04. The number of aliphatic hydroxyl groups is 3. The topological polar surface area (TPSA) is 94.8 Å². The van der Waals surface area contributed by atoms with Crippen LogP contribution in [0.25, 0.3) is 0 Å². The van der Waals surface area contributed by atoms with Crippen LogP contribution in [0.3, 0.4) is 0 Å². The van der Waals surface area contributed by atoms with E-state index in [1.165, 1.54) is 0 Å². The first-order valence-corrected chi connectivity index (χ1v) is 10.7. The molecule has 2 unspecified atom stereocenters. The molecule has 0 aromatic carbocycles. The van der Waals surface area contributed by atoms with Crippen molar-refractivity contribution < 1.29 is 24.9 Å². The number of Topliss-reactive ketones (excluding diaryl/α,β-unsaturated/α-hetero) is 2. The summed E-state index contributed by atoms with van der Waals surface area (Å²) in [5.74, 6) is 0.371. The highest BCUT2D eigenvalue weighted by Gasteiger charge is 2.32. The Morgan fingerprint density at radius 3 is 2.59 bits per heavy atom. The number of allylic oxidation sites excluding steroid dienone is 1. The second-order valence-electron chi connectivity index (χ2n) is 7.86. The molecule has 5 nitrogen and oxygen atoms in total. The van der Waals surface area contributed by atoms with Crippen molar-refractivity contribution in [2.75, 3.05) is 6.61 Å². The highest BCUT2D eigenvalue weighted by molar-refractivity contribution is 5.83. The molecule has 0 heterocycles. The number of hydrogen-bond acceptors (Lipinski definition) is 5. The Labute approximate surface area is 163 Å². The fourth-order valence-corrected chi connectivity index (χ4v) is 3.82. The van der Waals surface area contributed by atoms with E-state index < -0.39 is 12.2 Å². The van der Waals surface area contributed by atoms with E-state index in [-0.39, 0.29) is 24.2 Å². The van der Waals surface area contributed by atoms with Gasteiger partial charge in [0.05, 0.1) is 12.2 Å². The zero-order valence-electron chi connectivity index (χ0n) is 16.8. The van der Waals surface area contributed by atoms with E-state index in [0.29, 0.717) is 25.0 Å². The average Bonchev–Trinajstić information content (AvgIpc) is 3.02. The molecule has 156 valence electrons. The summed E-state index contributed by atoms with van der Waals surface area (Å²) in [4.78, 5) is 23.2. The van der Waals surface area contributed by atoms with Gasteiger partial charge in [-0.1, -0.05) is 57.6 Å². The van der Waals surface area contributed by atoms with Gasteiger partial charge in [-0.25, -0.2) is 0 Å². The van der Waals surface area contributed by atoms with Gasteiger partial charge in [0.15, 0.2) is 5.78 Å². The molecule has 1 rings (SSSR count). The number of ketones is 2. The van der Waals surface area contributed by atoms with Crippen molar-refractivity contribution in [3.63, 3.8) is 0 Å². The lowest BCUT2D eigenvalue weighted by molar-refractivity contribution is -0.122. The van der Waals surface area contributed by atoms with Crippen LogP contribution >= 0.6 is 0 Å². The third-order valence-electron chi connectivity index (χ3n) is 5.60. The summed E-state index contributed by atoms with van der Waals surface area (Å²) in [5.41, 5.74) is 0. The zero-order chi connectivity index (χ0) is 20.1. The normalized spacial score (nSPS) is 22.4. The molecular formula is C22H38O5. The fourth-order valence-electron chi connectivity index (χ4n) is 3.82. The molecule has 0 radical (unpaired) electrons. The monoisotopic (exact) mass is 382 g/mol. The number of aliphatic hydroxyl groups excluding tert-OH is 3. The fraction of sp³-hybridized carbons (Fsp3) is 0.818. The van der Waals surface area contributed by atoms with Crippen LogP contribution in [0.15, 0.2) is 12.2 Å². The van der Waals surface area contributed by atoms with Crippen LogP contribution in [0, 0.1) is 11.8 Å². The number of rotatable bonds is 15. The Balaban J connectivity index is 2.33. The van der Waals surface area contributed by atoms with E-state index in [0.717, 1.165) is 57.8 Å². The van der Waals surface area contributed by atoms with E-state index in [1.807, 2.05) is 6.08 Å². The van der Waals surface area contributed by atoms with Gasteiger partial charge in [-0.05, 0) is 31.6 Å². The lowest BCUT2D eigenvalue weighted by Crippen LogP contribution is -2.24. The van der Waals surface area contributed by atoms with Crippen molar-refractivity contribution in [2.24, 2.45) is 11.8 Å². The van der Waals surface area contributed by atoms with Gasteiger partial charge in [-0.2, -0.15) is 0 Å². The van der Waals surface area contributed by atoms with Gasteiger partial charge in [0.2, 0.25) is 0 Å². The first kappa shape index (κ1) is 24.0. The van der Waals surface area contributed by atoms with Crippen molar-refractivity contribution in [3.8, 4) is 0 Å². The third-order valence-corrected chi connectivity index (χ3v) is 5.60. The van der Waals surface area contributed by atoms with Crippen molar-refractivity contribution in [2.45, 2.75) is 96.2 Å². The van der Waals surface area contributed by atoms with E-state index in [9.17, 15) is 19.8 Å². The molecule has 0 aliphatic heterocycles. The largest absolute Gasteiger partial charge is 0.390 e. The second-order valence-corrected chi connectivity index (χ2v) is 7.86. The van der Waals surface area contributed by atoms with Gasteiger partial charge in [0, 0.05) is 18.8 Å². The second kappa shape index (κ2) is 14.0. The molecule has 0 aromatic rings. The summed E-state index contributed by atoms with van der Waals surface area (Å²) in [7, 11) is 0. The third kappa shape index (κ3) is 9.63. The predicted octanol–water partition coefficient (Wildman–Crippen LogP) is 3.34. The molecule has 0 saturated heterocycles. The Morgan fingerprint density at radius 2 is 1.89 bits per heavy atom. The van der Waals surface area contributed by atoms with Crippen molar-refractivity contribution >= 4 is 11.6 Å². The van der Waals surface area contributed by atoms with Crippen molar-refractivity contribution in [1.82, 2.24) is 0 Å². The van der Waals surface area contributed by atoms with Crippen LogP contribution in [0.4, 0.5) is 0 Å². The van der Waals surface area contributed by atoms with Crippen LogP contribution < -0.4 is 0 Å². The molecule has 1 saturated carbocycles. The van der Waals surface area contributed by atoms with Crippen LogP contribution in [-0.2, 0) is 9.59 Å². The highest BCUT2D eigenvalue weighted by Crippen LogP contribution is 2.34. The maximum atomic E-state index is 12.2. The molecule has 5 heteroatoms. The molecular weight excluding hydrogens is 344 g/mol.